The maximum atomic E-state index is 13.2. The molecule has 8 nitrogen and oxygen atoms in total. The van der Waals surface area contributed by atoms with Crippen molar-refractivity contribution in [2.75, 3.05) is 16.8 Å². The van der Waals surface area contributed by atoms with Crippen molar-refractivity contribution in [2.45, 2.75) is 26.7 Å². The van der Waals surface area contributed by atoms with Gasteiger partial charge in [0.25, 0.3) is 11.8 Å². The van der Waals surface area contributed by atoms with Crippen LogP contribution < -0.4 is 15.0 Å². The van der Waals surface area contributed by atoms with Crippen molar-refractivity contribution in [2.24, 2.45) is 0 Å². The molecule has 4 rings (SSSR count). The van der Waals surface area contributed by atoms with Crippen LogP contribution in [-0.2, 0) is 20.7 Å². The van der Waals surface area contributed by atoms with Crippen LogP contribution in [0.4, 0.5) is 11.4 Å². The topological polar surface area (TPSA) is 102 Å². The molecule has 38 heavy (non-hydrogen) atoms. The third-order valence-corrected chi connectivity index (χ3v) is 6.09. The van der Waals surface area contributed by atoms with Gasteiger partial charge >= 0.3 is 11.9 Å². The Morgan fingerprint density at radius 2 is 1.63 bits per heavy atom. The number of ether oxygens (including phenoxy) is 2. The zero-order chi connectivity index (χ0) is 27.2. The third kappa shape index (κ3) is 5.60. The molecule has 0 spiro atoms. The Bertz CT molecular complexity index is 1430. The molecule has 0 radical (unpaired) electrons. The predicted octanol–water partition coefficient (Wildman–Crippen LogP) is 5.47. The van der Waals surface area contributed by atoms with Gasteiger partial charge in [0, 0.05) is 5.69 Å². The van der Waals surface area contributed by atoms with E-state index in [2.05, 4.69) is 5.32 Å². The number of para-hydroxylation sites is 1. The van der Waals surface area contributed by atoms with Crippen LogP contribution in [0, 0.1) is 0 Å². The Kier molecular flexibility index (Phi) is 8.23. The molecule has 194 valence electrons. The molecule has 1 aliphatic heterocycles. The fourth-order valence-electron chi connectivity index (χ4n) is 3.77. The van der Waals surface area contributed by atoms with Crippen molar-refractivity contribution in [3.63, 3.8) is 0 Å². The predicted molar refractivity (Wildman–Crippen MR) is 143 cm³/mol. The number of hydrogen-bond donors (Lipinski definition) is 1. The maximum Gasteiger partial charge on any atom is 0.343 e. The highest BCUT2D eigenvalue weighted by molar-refractivity contribution is 6.53. The molecule has 0 fully saturated rings. The summed E-state index contributed by atoms with van der Waals surface area (Å²) in [5, 5.41) is 2.52. The van der Waals surface area contributed by atoms with Crippen LogP contribution in [0.3, 0.4) is 0 Å². The molecule has 0 saturated carbocycles. The van der Waals surface area contributed by atoms with Crippen LogP contribution in [0.5, 0.6) is 5.75 Å². The van der Waals surface area contributed by atoms with Gasteiger partial charge < -0.3 is 14.8 Å². The Morgan fingerprint density at radius 1 is 0.895 bits per heavy atom. The minimum absolute atomic E-state index is 0.0701. The SMILES string of the molecule is CCCOC(=O)c1ccccc1N1C(=O)C(Cl)=C(Nc2ccc(C(=O)Oc3cccc(CC)c3)cc2)C1=O. The number of carbonyl (C=O) groups excluding carboxylic acids is 4. The van der Waals surface area contributed by atoms with E-state index in [-0.39, 0.29) is 28.6 Å². The lowest BCUT2D eigenvalue weighted by Crippen LogP contribution is -2.33. The largest absolute Gasteiger partial charge is 0.462 e. The number of rotatable bonds is 9. The van der Waals surface area contributed by atoms with Crippen LogP contribution in [-0.4, -0.2) is 30.4 Å². The second-order valence-corrected chi connectivity index (χ2v) is 8.76. The highest BCUT2D eigenvalue weighted by Crippen LogP contribution is 2.32. The first-order chi connectivity index (χ1) is 18.3. The number of halogens is 1. The Hall–Kier alpha value is -4.43. The van der Waals surface area contributed by atoms with Gasteiger partial charge in [-0.3, -0.25) is 9.59 Å². The Morgan fingerprint density at radius 3 is 2.34 bits per heavy atom. The van der Waals surface area contributed by atoms with Crippen LogP contribution in [0.2, 0.25) is 0 Å². The molecule has 3 aromatic rings. The quantitative estimate of drug-likeness (QED) is 0.221. The van der Waals surface area contributed by atoms with E-state index in [0.717, 1.165) is 16.9 Å². The number of carbonyl (C=O) groups is 4. The van der Waals surface area contributed by atoms with Crippen LogP contribution in [0.1, 0.15) is 46.5 Å². The van der Waals surface area contributed by atoms with Crippen molar-refractivity contribution in [3.8, 4) is 5.75 Å². The molecule has 1 heterocycles. The van der Waals surface area contributed by atoms with Gasteiger partial charge in [-0.1, -0.05) is 49.7 Å². The molecule has 9 heteroatoms. The van der Waals surface area contributed by atoms with Crippen LogP contribution in [0.25, 0.3) is 0 Å². The standard InChI is InChI=1S/C29H25ClN2O6/c1-3-16-37-29(36)22-10-5-6-11-23(22)32-26(33)24(30)25(27(32)34)31-20-14-12-19(13-15-20)28(35)38-21-9-7-8-18(4-2)17-21/h5-15,17,31H,3-4,16H2,1-2H3. The average molecular weight is 533 g/mol. The van der Waals surface area contributed by atoms with E-state index in [1.54, 1.807) is 36.4 Å². The average Bonchev–Trinajstić information content (AvgIpc) is 3.14. The van der Waals surface area contributed by atoms with E-state index >= 15 is 0 Å². The molecule has 0 atom stereocenters. The molecule has 1 aliphatic rings. The van der Waals surface area contributed by atoms with Gasteiger partial charge in [0.1, 0.15) is 16.5 Å². The fourth-order valence-corrected chi connectivity index (χ4v) is 3.99. The van der Waals surface area contributed by atoms with Gasteiger partial charge in [-0.2, -0.15) is 0 Å². The summed E-state index contributed by atoms with van der Waals surface area (Å²) in [5.41, 5.74) is 1.75. The minimum Gasteiger partial charge on any atom is -0.462 e. The molecule has 0 bridgehead atoms. The molecule has 0 saturated heterocycles. The van der Waals surface area contributed by atoms with Gasteiger partial charge in [-0.25, -0.2) is 14.5 Å². The van der Waals surface area contributed by atoms with E-state index in [1.807, 2.05) is 26.0 Å². The third-order valence-electron chi connectivity index (χ3n) is 5.74. The molecule has 0 aliphatic carbocycles. The zero-order valence-corrected chi connectivity index (χ0v) is 21.6. The van der Waals surface area contributed by atoms with Crippen molar-refractivity contribution in [1.82, 2.24) is 0 Å². The lowest BCUT2D eigenvalue weighted by molar-refractivity contribution is -0.120. The van der Waals surface area contributed by atoms with Crippen molar-refractivity contribution in [1.29, 1.82) is 0 Å². The summed E-state index contributed by atoms with van der Waals surface area (Å²) in [5.74, 6) is -2.24. The summed E-state index contributed by atoms with van der Waals surface area (Å²) in [6, 6.07) is 19.6. The number of nitrogens with one attached hydrogen (secondary N) is 1. The maximum absolute atomic E-state index is 13.2. The first kappa shape index (κ1) is 26.6. The molecule has 0 aromatic heterocycles. The van der Waals surface area contributed by atoms with Gasteiger partial charge in [0.05, 0.1) is 23.4 Å². The summed E-state index contributed by atoms with van der Waals surface area (Å²) >= 11 is 6.25. The molecular weight excluding hydrogens is 508 g/mol. The number of nitrogens with zero attached hydrogens (tertiary/aromatic N) is 1. The van der Waals surface area contributed by atoms with Crippen molar-refractivity contribution >= 4 is 46.7 Å². The number of amides is 2. The first-order valence-electron chi connectivity index (χ1n) is 12.1. The zero-order valence-electron chi connectivity index (χ0n) is 20.8. The number of aryl methyl sites for hydroxylation is 1. The molecule has 3 aromatic carbocycles. The van der Waals surface area contributed by atoms with Gasteiger partial charge in [-0.15, -0.1) is 0 Å². The normalized spacial score (nSPS) is 13.1. The van der Waals surface area contributed by atoms with Crippen LogP contribution >= 0.6 is 11.6 Å². The highest BCUT2D eigenvalue weighted by Gasteiger charge is 2.40. The first-order valence-corrected chi connectivity index (χ1v) is 12.4. The summed E-state index contributed by atoms with van der Waals surface area (Å²) in [7, 11) is 0. The van der Waals surface area contributed by atoms with E-state index in [9.17, 15) is 19.2 Å². The minimum atomic E-state index is -0.774. The number of imide groups is 1. The van der Waals surface area contributed by atoms with Crippen molar-refractivity contribution < 1.29 is 28.7 Å². The Labute approximate surface area is 224 Å². The number of benzene rings is 3. The number of anilines is 2. The molecule has 0 unspecified atom stereocenters. The number of hydrogen-bond acceptors (Lipinski definition) is 7. The summed E-state index contributed by atoms with van der Waals surface area (Å²) in [4.78, 5) is 52.1. The van der Waals surface area contributed by atoms with Crippen molar-refractivity contribution in [3.05, 3.63) is 100 Å². The highest BCUT2D eigenvalue weighted by atomic mass is 35.5. The van der Waals surface area contributed by atoms with Gasteiger partial charge in [0.15, 0.2) is 0 Å². The van der Waals surface area contributed by atoms with E-state index in [0.29, 0.717) is 23.4 Å². The Balaban J connectivity index is 1.49. The lowest BCUT2D eigenvalue weighted by Gasteiger charge is -2.18. The van der Waals surface area contributed by atoms with E-state index < -0.39 is 23.8 Å². The summed E-state index contributed by atoms with van der Waals surface area (Å²) < 4.78 is 10.6. The van der Waals surface area contributed by atoms with E-state index in [4.69, 9.17) is 21.1 Å². The van der Waals surface area contributed by atoms with Gasteiger partial charge in [0.2, 0.25) is 0 Å². The number of esters is 2. The summed E-state index contributed by atoms with van der Waals surface area (Å²) in [6.45, 7) is 4.07. The second-order valence-electron chi connectivity index (χ2n) is 8.38. The molecule has 2 amide bonds. The molecular formula is C29H25ClN2O6. The van der Waals surface area contributed by atoms with E-state index in [1.165, 1.54) is 24.3 Å². The lowest BCUT2D eigenvalue weighted by atomic mass is 10.1. The second kappa shape index (κ2) is 11.7. The monoisotopic (exact) mass is 532 g/mol. The van der Waals surface area contributed by atoms with Gasteiger partial charge in [-0.05, 0) is 66.9 Å². The smallest absolute Gasteiger partial charge is 0.343 e. The fraction of sp³-hybridized carbons (Fsp3) is 0.172. The summed E-state index contributed by atoms with van der Waals surface area (Å²) in [6.07, 6.45) is 1.44. The van der Waals surface area contributed by atoms with Crippen LogP contribution in [0.15, 0.2) is 83.5 Å². The molecule has 1 N–H and O–H groups in total.